The Morgan fingerprint density at radius 2 is 2.25 bits per heavy atom. The van der Waals surface area contributed by atoms with Crippen molar-refractivity contribution in [3.8, 4) is 5.75 Å². The lowest BCUT2D eigenvalue weighted by Gasteiger charge is -2.12. The van der Waals surface area contributed by atoms with E-state index in [1.54, 1.807) is 12.1 Å². The van der Waals surface area contributed by atoms with Crippen molar-refractivity contribution in [3.05, 3.63) is 22.7 Å². The van der Waals surface area contributed by atoms with Gasteiger partial charge in [-0.1, -0.05) is 11.6 Å². The Labute approximate surface area is 99.2 Å². The van der Waals surface area contributed by atoms with E-state index in [0.717, 1.165) is 5.56 Å². The highest BCUT2D eigenvalue weighted by Gasteiger charge is 2.10. The molecule has 1 aromatic carbocycles. The summed E-state index contributed by atoms with van der Waals surface area (Å²) in [6.45, 7) is 1.65. The number of aliphatic hydroxyl groups is 1. The van der Waals surface area contributed by atoms with Crippen LogP contribution in [0.1, 0.15) is 12.0 Å². The van der Waals surface area contributed by atoms with Crippen LogP contribution < -0.4 is 10.1 Å². The molecule has 88 valence electrons. The molecule has 4 nitrogen and oxygen atoms in total. The first kappa shape index (κ1) is 12.8. The van der Waals surface area contributed by atoms with E-state index in [1.807, 2.05) is 6.92 Å². The van der Waals surface area contributed by atoms with Crippen LogP contribution in [-0.4, -0.2) is 24.7 Å². The smallest absolute Gasteiger partial charge is 0.226 e. The number of amides is 1. The number of rotatable bonds is 4. The van der Waals surface area contributed by atoms with Crippen LogP contribution in [0.2, 0.25) is 5.02 Å². The zero-order valence-corrected chi connectivity index (χ0v) is 9.97. The number of halogens is 1. The predicted octanol–water partition coefficient (Wildman–Crippen LogP) is 1.98. The summed E-state index contributed by atoms with van der Waals surface area (Å²) in [5.74, 6) is 0.304. The highest BCUT2D eigenvalue weighted by Crippen LogP contribution is 2.31. The summed E-state index contributed by atoms with van der Waals surface area (Å²) in [4.78, 5) is 11.3. The van der Waals surface area contributed by atoms with E-state index in [9.17, 15) is 4.79 Å². The largest absolute Gasteiger partial charge is 0.494 e. The van der Waals surface area contributed by atoms with Gasteiger partial charge >= 0.3 is 0 Å². The van der Waals surface area contributed by atoms with Gasteiger partial charge in [-0.15, -0.1) is 0 Å². The lowest BCUT2D eigenvalue weighted by molar-refractivity contribution is -0.116. The minimum atomic E-state index is -0.275. The fourth-order valence-corrected chi connectivity index (χ4v) is 1.68. The molecule has 1 rings (SSSR count). The number of benzene rings is 1. The fraction of sp³-hybridized carbons (Fsp3) is 0.364. The Kier molecular flexibility index (Phi) is 4.58. The normalized spacial score (nSPS) is 10.0. The number of aryl methyl sites for hydroxylation is 1. The summed E-state index contributed by atoms with van der Waals surface area (Å²) < 4.78 is 5.17. The molecular weight excluding hydrogens is 230 g/mol. The second-order valence-corrected chi connectivity index (χ2v) is 3.76. The van der Waals surface area contributed by atoms with Crippen molar-refractivity contribution in [1.82, 2.24) is 0 Å². The van der Waals surface area contributed by atoms with Crippen LogP contribution in [0.4, 0.5) is 5.69 Å². The van der Waals surface area contributed by atoms with E-state index < -0.39 is 0 Å². The molecule has 2 N–H and O–H groups in total. The van der Waals surface area contributed by atoms with Gasteiger partial charge in [0, 0.05) is 5.02 Å². The van der Waals surface area contributed by atoms with Crippen molar-refractivity contribution in [2.24, 2.45) is 0 Å². The predicted molar refractivity (Wildman–Crippen MR) is 63.1 cm³/mol. The van der Waals surface area contributed by atoms with Crippen LogP contribution in [-0.2, 0) is 4.79 Å². The Morgan fingerprint density at radius 3 is 2.81 bits per heavy atom. The summed E-state index contributed by atoms with van der Waals surface area (Å²) in [7, 11) is 1.53. The second kappa shape index (κ2) is 5.72. The van der Waals surface area contributed by atoms with Gasteiger partial charge in [-0.05, 0) is 24.6 Å². The molecule has 1 amide bonds. The molecule has 0 spiro atoms. The zero-order chi connectivity index (χ0) is 12.1. The Morgan fingerprint density at radius 1 is 1.56 bits per heavy atom. The van der Waals surface area contributed by atoms with Gasteiger partial charge in [0.1, 0.15) is 5.75 Å². The topological polar surface area (TPSA) is 58.6 Å². The number of hydrogen-bond donors (Lipinski definition) is 2. The van der Waals surface area contributed by atoms with E-state index in [0.29, 0.717) is 16.5 Å². The summed E-state index contributed by atoms with van der Waals surface area (Å²) >= 11 is 5.88. The summed E-state index contributed by atoms with van der Waals surface area (Å²) in [6.07, 6.45) is 0.0503. The van der Waals surface area contributed by atoms with E-state index >= 15 is 0 Å². The molecule has 0 aliphatic rings. The van der Waals surface area contributed by atoms with Crippen LogP contribution >= 0.6 is 11.6 Å². The quantitative estimate of drug-likeness (QED) is 0.850. The third-order valence-corrected chi connectivity index (χ3v) is 2.27. The maximum Gasteiger partial charge on any atom is 0.226 e. The average Bonchev–Trinajstić information content (AvgIpc) is 2.17. The number of methoxy groups -OCH3 is 1. The second-order valence-electron chi connectivity index (χ2n) is 3.33. The maximum absolute atomic E-state index is 11.3. The number of hydrogen-bond acceptors (Lipinski definition) is 3. The molecule has 0 heterocycles. The number of ether oxygens (including phenoxy) is 1. The van der Waals surface area contributed by atoms with Crippen LogP contribution in [0.15, 0.2) is 12.1 Å². The molecule has 16 heavy (non-hydrogen) atoms. The number of carbonyl (C=O) groups excluding carboxylic acids is 1. The van der Waals surface area contributed by atoms with Crippen molar-refractivity contribution in [3.63, 3.8) is 0 Å². The number of carbonyl (C=O) groups is 1. The SMILES string of the molecule is COc1c(C)cc(Cl)cc1NC(=O)CCO. The molecule has 5 heteroatoms. The van der Waals surface area contributed by atoms with Gasteiger partial charge in [0.15, 0.2) is 0 Å². The van der Waals surface area contributed by atoms with Gasteiger partial charge in [0.05, 0.1) is 25.8 Å². The first-order valence-corrected chi connectivity index (χ1v) is 5.21. The lowest BCUT2D eigenvalue weighted by atomic mass is 10.2. The molecule has 1 aromatic rings. The molecule has 0 fully saturated rings. The molecule has 0 atom stereocenters. The fourth-order valence-electron chi connectivity index (χ4n) is 1.41. The Hall–Kier alpha value is -1.26. The zero-order valence-electron chi connectivity index (χ0n) is 9.21. The van der Waals surface area contributed by atoms with E-state index in [4.69, 9.17) is 21.4 Å². The van der Waals surface area contributed by atoms with E-state index in [-0.39, 0.29) is 18.9 Å². The molecule has 0 aromatic heterocycles. The summed E-state index contributed by atoms with van der Waals surface area (Å²) in [5.41, 5.74) is 1.36. The highest BCUT2D eigenvalue weighted by atomic mass is 35.5. The lowest BCUT2D eigenvalue weighted by Crippen LogP contribution is -2.13. The number of anilines is 1. The summed E-state index contributed by atoms with van der Waals surface area (Å²) in [5, 5.41) is 11.8. The van der Waals surface area contributed by atoms with Crippen LogP contribution in [0.3, 0.4) is 0 Å². The molecule has 0 aliphatic heterocycles. The van der Waals surface area contributed by atoms with Crippen LogP contribution in [0.5, 0.6) is 5.75 Å². The summed E-state index contributed by atoms with van der Waals surface area (Å²) in [6, 6.07) is 3.37. The van der Waals surface area contributed by atoms with Crippen molar-refractivity contribution >= 4 is 23.2 Å². The van der Waals surface area contributed by atoms with Gasteiger partial charge in [0.2, 0.25) is 5.91 Å². The van der Waals surface area contributed by atoms with Crippen molar-refractivity contribution in [2.45, 2.75) is 13.3 Å². The van der Waals surface area contributed by atoms with Crippen LogP contribution in [0.25, 0.3) is 0 Å². The molecule has 0 bridgehead atoms. The van der Waals surface area contributed by atoms with Crippen molar-refractivity contribution in [2.75, 3.05) is 19.0 Å². The standard InChI is InChI=1S/C11H14ClNO3/c1-7-5-8(12)6-9(11(7)16-2)13-10(15)3-4-14/h5-6,14H,3-4H2,1-2H3,(H,13,15). The molecule has 0 saturated heterocycles. The Balaban J connectivity index is 2.97. The molecule has 0 aliphatic carbocycles. The third kappa shape index (κ3) is 3.12. The van der Waals surface area contributed by atoms with Gasteiger partial charge in [0.25, 0.3) is 0 Å². The van der Waals surface area contributed by atoms with E-state index in [2.05, 4.69) is 5.32 Å². The van der Waals surface area contributed by atoms with Gasteiger partial charge in [-0.2, -0.15) is 0 Å². The van der Waals surface area contributed by atoms with Crippen molar-refractivity contribution < 1.29 is 14.6 Å². The van der Waals surface area contributed by atoms with Gasteiger partial charge < -0.3 is 15.2 Å². The molecule has 0 saturated carbocycles. The first-order valence-electron chi connectivity index (χ1n) is 4.83. The van der Waals surface area contributed by atoms with Crippen LogP contribution in [0, 0.1) is 6.92 Å². The van der Waals surface area contributed by atoms with Crippen molar-refractivity contribution in [1.29, 1.82) is 0 Å². The highest BCUT2D eigenvalue weighted by molar-refractivity contribution is 6.31. The minimum Gasteiger partial charge on any atom is -0.494 e. The Bertz CT molecular complexity index is 393. The molecule has 0 unspecified atom stereocenters. The van der Waals surface area contributed by atoms with Gasteiger partial charge in [-0.25, -0.2) is 0 Å². The number of aliphatic hydroxyl groups excluding tert-OH is 1. The maximum atomic E-state index is 11.3. The molecular formula is C11H14ClNO3. The number of nitrogens with one attached hydrogen (secondary N) is 1. The molecule has 0 radical (unpaired) electrons. The minimum absolute atomic E-state index is 0.0503. The van der Waals surface area contributed by atoms with Gasteiger partial charge in [-0.3, -0.25) is 4.79 Å². The first-order chi connectivity index (χ1) is 7.58. The average molecular weight is 244 g/mol. The monoisotopic (exact) mass is 243 g/mol. The van der Waals surface area contributed by atoms with E-state index in [1.165, 1.54) is 7.11 Å². The third-order valence-electron chi connectivity index (χ3n) is 2.06.